The third-order valence-corrected chi connectivity index (χ3v) is 8.93. The highest BCUT2D eigenvalue weighted by molar-refractivity contribution is 6.14. The van der Waals surface area contributed by atoms with Crippen LogP contribution in [0.4, 0.5) is 34.1 Å². The number of carbonyl (C=O) groups is 2. The fourth-order valence-electron chi connectivity index (χ4n) is 6.71. The number of benzene rings is 6. The molecule has 0 bridgehead atoms. The Hall–Kier alpha value is -6.40. The lowest BCUT2D eigenvalue weighted by Gasteiger charge is -2.26. The summed E-state index contributed by atoms with van der Waals surface area (Å²) < 4.78 is 0. The van der Waals surface area contributed by atoms with E-state index in [9.17, 15) is 9.59 Å². The van der Waals surface area contributed by atoms with Crippen molar-refractivity contribution in [2.75, 3.05) is 9.80 Å². The molecule has 8 rings (SSSR count). The van der Waals surface area contributed by atoms with Gasteiger partial charge in [-0.2, -0.15) is 0 Å². The van der Waals surface area contributed by atoms with Gasteiger partial charge < -0.3 is 20.4 Å². The molecule has 0 spiro atoms. The topological polar surface area (TPSA) is 64.7 Å². The Kier molecular flexibility index (Phi) is 7.51. The van der Waals surface area contributed by atoms with E-state index in [0.717, 1.165) is 45.3 Å². The van der Waals surface area contributed by atoms with Crippen LogP contribution in [0, 0.1) is 0 Å². The Morgan fingerprint density at radius 3 is 0.854 bits per heavy atom. The number of anilines is 6. The first-order valence-electron chi connectivity index (χ1n) is 16.0. The number of carbonyl (C=O) groups excluding carboxylic acids is 2. The molecule has 6 aromatic rings. The van der Waals surface area contributed by atoms with Gasteiger partial charge in [0.15, 0.2) is 0 Å². The molecule has 2 heterocycles. The standard InChI is InChI=1S/C42H32N4O2/c47-41-37-38(40(44-41)30-23-27-36(28-24-30)46(33-17-9-3-10-18-33)34-19-11-4-12-20-34)42(48)43-39(37)29-21-25-35(26-22-29)45(31-13-5-1-6-14-31)32-15-7-2-8-16-32/h1-28,39-40H,(H,43,48)(H,44,47). The highest BCUT2D eigenvalue weighted by Crippen LogP contribution is 2.43. The van der Waals surface area contributed by atoms with Crippen LogP contribution in [0.1, 0.15) is 23.2 Å². The highest BCUT2D eigenvalue weighted by atomic mass is 16.2. The van der Waals surface area contributed by atoms with Gasteiger partial charge in [-0.1, -0.05) is 97.1 Å². The predicted molar refractivity (Wildman–Crippen MR) is 191 cm³/mol. The summed E-state index contributed by atoms with van der Waals surface area (Å²) in [6.45, 7) is 0. The van der Waals surface area contributed by atoms with Crippen molar-refractivity contribution in [2.45, 2.75) is 12.1 Å². The number of nitrogens with one attached hydrogen (secondary N) is 2. The van der Waals surface area contributed by atoms with Crippen molar-refractivity contribution < 1.29 is 9.59 Å². The largest absolute Gasteiger partial charge is 0.341 e. The summed E-state index contributed by atoms with van der Waals surface area (Å²) in [4.78, 5) is 31.3. The van der Waals surface area contributed by atoms with Gasteiger partial charge in [0.1, 0.15) is 0 Å². The minimum Gasteiger partial charge on any atom is -0.341 e. The average Bonchev–Trinajstić information content (AvgIpc) is 3.68. The molecule has 2 unspecified atom stereocenters. The maximum absolute atomic E-state index is 13.5. The molecule has 0 aliphatic carbocycles. The van der Waals surface area contributed by atoms with E-state index >= 15 is 0 Å². The van der Waals surface area contributed by atoms with Crippen LogP contribution in [-0.2, 0) is 9.59 Å². The van der Waals surface area contributed by atoms with Crippen molar-refractivity contribution in [3.63, 3.8) is 0 Å². The zero-order chi connectivity index (χ0) is 32.5. The first kappa shape index (κ1) is 29.0. The molecule has 2 aliphatic rings. The Bertz CT molecular complexity index is 1870. The van der Waals surface area contributed by atoms with Crippen LogP contribution < -0.4 is 20.4 Å². The van der Waals surface area contributed by atoms with E-state index in [4.69, 9.17) is 0 Å². The molecule has 6 aromatic carbocycles. The van der Waals surface area contributed by atoms with Gasteiger partial charge in [0, 0.05) is 34.1 Å². The lowest BCUT2D eigenvalue weighted by molar-refractivity contribution is -0.118. The molecule has 2 amide bonds. The number of amides is 2. The second kappa shape index (κ2) is 12.4. The quantitative estimate of drug-likeness (QED) is 0.177. The van der Waals surface area contributed by atoms with Crippen LogP contribution in [0.5, 0.6) is 0 Å². The van der Waals surface area contributed by atoms with E-state index in [-0.39, 0.29) is 11.8 Å². The van der Waals surface area contributed by atoms with E-state index in [1.54, 1.807) is 0 Å². The fraction of sp³-hybridized carbons (Fsp3) is 0.0476. The molecule has 0 saturated heterocycles. The van der Waals surface area contributed by atoms with Crippen LogP contribution in [0.2, 0.25) is 0 Å². The molecule has 0 saturated carbocycles. The molecule has 232 valence electrons. The van der Waals surface area contributed by atoms with Crippen molar-refractivity contribution in [1.29, 1.82) is 0 Å². The lowest BCUT2D eigenvalue weighted by atomic mass is 9.95. The van der Waals surface area contributed by atoms with Crippen LogP contribution in [0.25, 0.3) is 0 Å². The summed E-state index contributed by atoms with van der Waals surface area (Å²) in [5.74, 6) is -0.450. The lowest BCUT2D eigenvalue weighted by Crippen LogP contribution is -2.33. The Labute approximate surface area is 279 Å². The molecule has 6 nitrogen and oxygen atoms in total. The van der Waals surface area contributed by atoms with E-state index in [1.165, 1.54) is 0 Å². The molecule has 0 radical (unpaired) electrons. The highest BCUT2D eigenvalue weighted by Gasteiger charge is 2.46. The van der Waals surface area contributed by atoms with Crippen molar-refractivity contribution >= 4 is 45.9 Å². The molecule has 2 atom stereocenters. The summed E-state index contributed by atoms with van der Waals surface area (Å²) in [5, 5.41) is 6.18. The third-order valence-electron chi connectivity index (χ3n) is 8.93. The van der Waals surface area contributed by atoms with Crippen molar-refractivity contribution in [2.24, 2.45) is 0 Å². The number of rotatable bonds is 8. The first-order valence-corrected chi connectivity index (χ1v) is 16.0. The van der Waals surface area contributed by atoms with Crippen molar-refractivity contribution in [1.82, 2.24) is 10.6 Å². The van der Waals surface area contributed by atoms with Crippen LogP contribution >= 0.6 is 0 Å². The van der Waals surface area contributed by atoms with Gasteiger partial charge >= 0.3 is 0 Å². The summed E-state index contributed by atoms with van der Waals surface area (Å²) in [5.41, 5.74) is 8.78. The van der Waals surface area contributed by atoms with Gasteiger partial charge in [0.25, 0.3) is 11.8 Å². The van der Waals surface area contributed by atoms with E-state index in [0.29, 0.717) is 11.1 Å². The van der Waals surface area contributed by atoms with Gasteiger partial charge in [-0.25, -0.2) is 0 Å². The van der Waals surface area contributed by atoms with Gasteiger partial charge in [0.05, 0.1) is 23.2 Å². The van der Waals surface area contributed by atoms with E-state index in [2.05, 4.69) is 69.0 Å². The minimum absolute atomic E-state index is 0.225. The van der Waals surface area contributed by atoms with Crippen LogP contribution in [-0.4, -0.2) is 11.8 Å². The molecule has 2 N–H and O–H groups in total. The third kappa shape index (κ3) is 5.29. The zero-order valence-corrected chi connectivity index (χ0v) is 26.0. The van der Waals surface area contributed by atoms with Crippen molar-refractivity contribution in [3.05, 3.63) is 192 Å². The fourth-order valence-corrected chi connectivity index (χ4v) is 6.71. The van der Waals surface area contributed by atoms with Gasteiger partial charge in [-0.05, 0) is 83.9 Å². The van der Waals surface area contributed by atoms with E-state index in [1.807, 2.05) is 121 Å². The SMILES string of the molecule is O=C1NC(c2ccc(N(c3ccccc3)c3ccccc3)cc2)C2=C1C(c1ccc(N(c3ccccc3)c3ccccc3)cc1)NC2=O. The number of para-hydroxylation sites is 4. The zero-order valence-electron chi connectivity index (χ0n) is 26.0. The van der Waals surface area contributed by atoms with Crippen LogP contribution in [0.3, 0.4) is 0 Å². The Balaban J connectivity index is 1.09. The molecular weight excluding hydrogens is 592 g/mol. The molecule has 6 heteroatoms. The molecule has 0 fully saturated rings. The Morgan fingerprint density at radius 1 is 0.333 bits per heavy atom. The van der Waals surface area contributed by atoms with Gasteiger partial charge in [-0.15, -0.1) is 0 Å². The average molecular weight is 625 g/mol. The van der Waals surface area contributed by atoms with Gasteiger partial charge in [-0.3, -0.25) is 9.59 Å². The second-order valence-corrected chi connectivity index (χ2v) is 11.8. The Morgan fingerprint density at radius 2 is 0.583 bits per heavy atom. The number of hydrogen-bond donors (Lipinski definition) is 2. The van der Waals surface area contributed by atoms with Crippen molar-refractivity contribution in [3.8, 4) is 0 Å². The monoisotopic (exact) mass is 624 g/mol. The second-order valence-electron chi connectivity index (χ2n) is 11.8. The summed E-state index contributed by atoms with van der Waals surface area (Å²) >= 11 is 0. The normalized spacial score (nSPS) is 16.7. The molecule has 2 aliphatic heterocycles. The molecule has 0 aromatic heterocycles. The summed E-state index contributed by atoms with van der Waals surface area (Å²) in [6, 6.07) is 55.8. The smallest absolute Gasteiger partial charge is 0.250 e. The summed E-state index contributed by atoms with van der Waals surface area (Å²) in [7, 11) is 0. The maximum atomic E-state index is 13.5. The summed E-state index contributed by atoms with van der Waals surface area (Å²) in [6.07, 6.45) is 0. The van der Waals surface area contributed by atoms with Gasteiger partial charge in [0.2, 0.25) is 0 Å². The maximum Gasteiger partial charge on any atom is 0.250 e. The molecule has 48 heavy (non-hydrogen) atoms. The first-order chi connectivity index (χ1) is 23.7. The molecular formula is C42H32N4O2. The predicted octanol–water partition coefficient (Wildman–Crippen LogP) is 8.96. The minimum atomic E-state index is -0.528. The number of hydrogen-bond acceptors (Lipinski definition) is 4. The van der Waals surface area contributed by atoms with Crippen LogP contribution in [0.15, 0.2) is 181 Å². The number of nitrogens with zero attached hydrogens (tertiary/aromatic N) is 2. The van der Waals surface area contributed by atoms with E-state index < -0.39 is 12.1 Å².